The lowest BCUT2D eigenvalue weighted by atomic mass is 10.1. The molecule has 0 saturated carbocycles. The Labute approximate surface area is 174 Å². The molecule has 0 unspecified atom stereocenters. The van der Waals surface area contributed by atoms with Crippen LogP contribution < -0.4 is 14.6 Å². The highest BCUT2D eigenvalue weighted by Gasteiger charge is 2.29. The molecule has 154 valence electrons. The predicted molar refractivity (Wildman–Crippen MR) is 113 cm³/mol. The molecule has 0 atom stereocenters. The second-order valence-electron chi connectivity index (χ2n) is 6.67. The number of carbonyl (C=O) groups excluding carboxylic acids is 1. The number of nitrogens with zero attached hydrogens (tertiary/aromatic N) is 3. The molecule has 2 heterocycles. The van der Waals surface area contributed by atoms with Gasteiger partial charge < -0.3 is 9.64 Å². The third kappa shape index (κ3) is 3.49. The fraction of sp³-hybridized carbons (Fsp3) is 0.143. The van der Waals surface area contributed by atoms with Crippen LogP contribution in [-0.2, 0) is 14.9 Å². The van der Waals surface area contributed by atoms with Gasteiger partial charge in [0.1, 0.15) is 0 Å². The molecular formula is C21H19N3O5S. The third-order valence-electron chi connectivity index (χ3n) is 4.79. The van der Waals surface area contributed by atoms with Crippen molar-refractivity contribution in [3.05, 3.63) is 72.1 Å². The van der Waals surface area contributed by atoms with Crippen LogP contribution in [0.2, 0.25) is 0 Å². The van der Waals surface area contributed by atoms with E-state index in [1.165, 1.54) is 29.3 Å². The smallest absolute Gasteiger partial charge is 0.294 e. The number of hydrogen-bond acceptors (Lipinski definition) is 6. The van der Waals surface area contributed by atoms with Gasteiger partial charge in [-0.2, -0.15) is 18.5 Å². The largest absolute Gasteiger partial charge is 0.439 e. The van der Waals surface area contributed by atoms with Gasteiger partial charge in [0.25, 0.3) is 16.0 Å². The van der Waals surface area contributed by atoms with Crippen molar-refractivity contribution < 1.29 is 22.5 Å². The first-order valence-corrected chi connectivity index (χ1v) is 10.7. The summed E-state index contributed by atoms with van der Waals surface area (Å²) in [6.07, 6.45) is 3.40. The monoisotopic (exact) mass is 425 g/mol. The van der Waals surface area contributed by atoms with E-state index in [1.807, 2.05) is 36.1 Å². The fourth-order valence-corrected chi connectivity index (χ4v) is 3.78. The van der Waals surface area contributed by atoms with Crippen molar-refractivity contribution in [2.75, 3.05) is 16.5 Å². The molecule has 4 rings (SSSR count). The van der Waals surface area contributed by atoms with E-state index in [-0.39, 0.29) is 10.8 Å². The quantitative estimate of drug-likeness (QED) is 0.596. The summed E-state index contributed by atoms with van der Waals surface area (Å²) in [6, 6.07) is 13.0. The zero-order valence-corrected chi connectivity index (χ0v) is 17.1. The molecule has 8 nitrogen and oxygen atoms in total. The normalized spacial score (nSPS) is 18.8. The van der Waals surface area contributed by atoms with E-state index in [2.05, 4.69) is 5.10 Å². The van der Waals surface area contributed by atoms with E-state index in [1.54, 1.807) is 19.1 Å². The van der Waals surface area contributed by atoms with Gasteiger partial charge in [0.2, 0.25) is 5.88 Å². The van der Waals surface area contributed by atoms with E-state index < -0.39 is 10.1 Å². The van der Waals surface area contributed by atoms with Crippen LogP contribution in [0, 0.1) is 0 Å². The van der Waals surface area contributed by atoms with E-state index in [0.717, 1.165) is 11.4 Å². The average Bonchev–Trinajstić information content (AvgIpc) is 3.22. The van der Waals surface area contributed by atoms with E-state index in [9.17, 15) is 13.2 Å². The predicted octanol–water partition coefficient (Wildman–Crippen LogP) is 3.34. The maximum absolute atomic E-state index is 12.9. The van der Waals surface area contributed by atoms with E-state index in [0.29, 0.717) is 29.4 Å². The Balaban J connectivity index is 1.60. The molecule has 0 saturated heterocycles. The van der Waals surface area contributed by atoms with Crippen LogP contribution in [0.25, 0.3) is 0 Å². The molecule has 2 aliphatic rings. The molecule has 0 radical (unpaired) electrons. The van der Waals surface area contributed by atoms with Gasteiger partial charge in [0, 0.05) is 6.54 Å². The Morgan fingerprint density at radius 3 is 2.47 bits per heavy atom. The number of hydrazone groups is 1. The number of fused-ring (bicyclic) bond motifs is 1. The highest BCUT2D eigenvalue weighted by molar-refractivity contribution is 7.85. The van der Waals surface area contributed by atoms with E-state index in [4.69, 9.17) is 9.29 Å². The number of benzene rings is 2. The van der Waals surface area contributed by atoms with E-state index >= 15 is 0 Å². The molecule has 0 aliphatic carbocycles. The lowest BCUT2D eigenvalue weighted by Crippen LogP contribution is -2.21. The first-order valence-electron chi connectivity index (χ1n) is 9.23. The van der Waals surface area contributed by atoms with Crippen LogP contribution in [0.15, 0.2) is 82.1 Å². The zero-order chi connectivity index (χ0) is 21.5. The Kier molecular flexibility index (Phi) is 4.92. The minimum Gasteiger partial charge on any atom is -0.439 e. The number of allylic oxidation sites excluding steroid dienone is 2. The van der Waals surface area contributed by atoms with Crippen LogP contribution in [-0.4, -0.2) is 31.1 Å². The van der Waals surface area contributed by atoms with Gasteiger partial charge >= 0.3 is 0 Å². The number of hydrogen-bond donors (Lipinski definition) is 1. The summed E-state index contributed by atoms with van der Waals surface area (Å²) in [7, 11) is -4.30. The van der Waals surface area contributed by atoms with Crippen molar-refractivity contribution in [2.24, 2.45) is 5.10 Å². The molecule has 1 N–H and O–H groups in total. The summed E-state index contributed by atoms with van der Waals surface area (Å²) >= 11 is 0. The molecule has 2 aromatic rings. The highest BCUT2D eigenvalue weighted by atomic mass is 32.2. The summed E-state index contributed by atoms with van der Waals surface area (Å²) in [4.78, 5) is 14.6. The number of amides is 1. The van der Waals surface area contributed by atoms with Crippen LogP contribution >= 0.6 is 0 Å². The first-order chi connectivity index (χ1) is 14.3. The Bertz CT molecular complexity index is 1210. The summed E-state index contributed by atoms with van der Waals surface area (Å²) in [6.45, 7) is 4.44. The van der Waals surface area contributed by atoms with Gasteiger partial charge in [-0.15, -0.1) is 0 Å². The molecule has 30 heavy (non-hydrogen) atoms. The summed E-state index contributed by atoms with van der Waals surface area (Å²) < 4.78 is 37.4. The average molecular weight is 425 g/mol. The van der Waals surface area contributed by atoms with Crippen LogP contribution in [0.4, 0.5) is 11.4 Å². The van der Waals surface area contributed by atoms with Gasteiger partial charge in [0.15, 0.2) is 5.75 Å². The fourth-order valence-electron chi connectivity index (χ4n) is 3.30. The summed E-state index contributed by atoms with van der Waals surface area (Å²) in [5.41, 5.74) is 2.28. The van der Waals surface area contributed by atoms with Crippen LogP contribution in [0.1, 0.15) is 13.8 Å². The molecule has 0 spiro atoms. The lowest BCUT2D eigenvalue weighted by Gasteiger charge is -2.15. The Morgan fingerprint density at radius 2 is 1.80 bits per heavy atom. The topological polar surface area (TPSA) is 99.5 Å². The lowest BCUT2D eigenvalue weighted by molar-refractivity contribution is -0.114. The maximum Gasteiger partial charge on any atom is 0.294 e. The molecule has 2 aliphatic heterocycles. The van der Waals surface area contributed by atoms with Crippen molar-refractivity contribution >= 4 is 33.1 Å². The zero-order valence-electron chi connectivity index (χ0n) is 16.3. The Morgan fingerprint density at radius 1 is 1.10 bits per heavy atom. The van der Waals surface area contributed by atoms with Gasteiger partial charge in [0.05, 0.1) is 27.6 Å². The third-order valence-corrected chi connectivity index (χ3v) is 5.66. The molecule has 2 aromatic carbocycles. The second-order valence-corrected chi connectivity index (χ2v) is 8.09. The van der Waals surface area contributed by atoms with Crippen molar-refractivity contribution in [2.45, 2.75) is 18.7 Å². The number of ether oxygens (including phenoxy) is 1. The molecule has 9 heteroatoms. The second kappa shape index (κ2) is 7.43. The minimum atomic E-state index is -4.30. The molecule has 0 aromatic heterocycles. The summed E-state index contributed by atoms with van der Waals surface area (Å²) in [5, 5.41) is 5.46. The maximum atomic E-state index is 12.9. The van der Waals surface area contributed by atoms with Gasteiger partial charge in [-0.1, -0.05) is 12.1 Å². The standard InChI is InChI=1S/C21H19N3O5S/c1-3-23-18-6-4-5-7-19(18)29-20(23)13-12-17-14(2)22-24(21(17)25)15-8-10-16(11-9-15)30(26,27)28/h4-13H,3H2,1-2H3,(H,26,27,28)/b17-12-,20-13-. The number of carbonyl (C=O) groups is 1. The molecule has 1 amide bonds. The van der Waals surface area contributed by atoms with Crippen molar-refractivity contribution in [1.29, 1.82) is 0 Å². The molecule has 0 fully saturated rings. The molecule has 0 bridgehead atoms. The van der Waals surface area contributed by atoms with Gasteiger partial charge in [-0.05, 0) is 62.4 Å². The van der Waals surface area contributed by atoms with Gasteiger partial charge in [-0.25, -0.2) is 0 Å². The van der Waals surface area contributed by atoms with Crippen molar-refractivity contribution in [3.63, 3.8) is 0 Å². The SMILES string of the molecule is CCN1/C(=C/C=C2\C(=O)N(c3ccc(S(=O)(=O)O)cc3)N=C2C)Oc2ccccc21. The van der Waals surface area contributed by atoms with Crippen molar-refractivity contribution in [3.8, 4) is 5.75 Å². The van der Waals surface area contributed by atoms with Crippen LogP contribution in [0.5, 0.6) is 5.75 Å². The number of anilines is 2. The number of para-hydroxylation sites is 2. The van der Waals surface area contributed by atoms with Crippen molar-refractivity contribution in [1.82, 2.24) is 0 Å². The number of rotatable bonds is 4. The Hall–Kier alpha value is -3.43. The molecular weight excluding hydrogens is 406 g/mol. The first kappa shape index (κ1) is 19.9. The van der Waals surface area contributed by atoms with Gasteiger partial charge in [-0.3, -0.25) is 9.35 Å². The minimum absolute atomic E-state index is 0.253. The highest BCUT2D eigenvalue weighted by Crippen LogP contribution is 2.38. The van der Waals surface area contributed by atoms with Crippen LogP contribution in [0.3, 0.4) is 0 Å². The summed E-state index contributed by atoms with van der Waals surface area (Å²) in [5.74, 6) is 1.03.